The van der Waals surface area contributed by atoms with Crippen LogP contribution < -0.4 is 0 Å². The second kappa shape index (κ2) is 8.49. The van der Waals surface area contributed by atoms with Crippen LogP contribution in [0.5, 0.6) is 0 Å². The fraction of sp³-hybridized carbons (Fsp3) is 0.174. The van der Waals surface area contributed by atoms with Gasteiger partial charge in [0.25, 0.3) is 0 Å². The van der Waals surface area contributed by atoms with Gasteiger partial charge in [0.05, 0.1) is 24.1 Å². The van der Waals surface area contributed by atoms with Crippen LogP contribution in [0, 0.1) is 13.8 Å². The molecule has 4 rings (SSSR count). The van der Waals surface area contributed by atoms with E-state index in [9.17, 15) is 4.79 Å². The fourth-order valence-electron chi connectivity index (χ4n) is 3.07. The molecule has 0 saturated carbocycles. The van der Waals surface area contributed by atoms with Crippen molar-refractivity contribution in [2.24, 2.45) is 0 Å². The zero-order valence-corrected chi connectivity index (χ0v) is 17.1. The highest BCUT2D eigenvalue weighted by molar-refractivity contribution is 7.99. The SMILES string of the molecule is Cc1ccc(C(=O)CSc2nnc(-c3ccoc3C)n2Cc2ccccc2)cc1. The van der Waals surface area contributed by atoms with Crippen LogP contribution in [-0.4, -0.2) is 26.3 Å². The Labute approximate surface area is 173 Å². The van der Waals surface area contributed by atoms with Crippen LogP contribution in [0.15, 0.2) is 76.5 Å². The predicted molar refractivity (Wildman–Crippen MR) is 114 cm³/mol. The van der Waals surface area contributed by atoms with Gasteiger partial charge in [0.15, 0.2) is 16.8 Å². The summed E-state index contributed by atoms with van der Waals surface area (Å²) in [5.74, 6) is 1.91. The number of Topliss-reactive ketones (excluding diaryl/α,β-unsaturated/α-hetero) is 1. The van der Waals surface area contributed by atoms with Crippen LogP contribution in [0.3, 0.4) is 0 Å². The van der Waals surface area contributed by atoms with Crippen LogP contribution in [-0.2, 0) is 6.54 Å². The van der Waals surface area contributed by atoms with E-state index >= 15 is 0 Å². The van der Waals surface area contributed by atoms with E-state index in [4.69, 9.17) is 4.42 Å². The zero-order chi connectivity index (χ0) is 20.2. The summed E-state index contributed by atoms with van der Waals surface area (Å²) >= 11 is 1.41. The molecule has 0 unspecified atom stereocenters. The molecule has 29 heavy (non-hydrogen) atoms. The molecule has 6 heteroatoms. The van der Waals surface area contributed by atoms with Crippen molar-refractivity contribution in [1.82, 2.24) is 14.8 Å². The Hall–Kier alpha value is -3.12. The minimum atomic E-state index is 0.0744. The van der Waals surface area contributed by atoms with Crippen molar-refractivity contribution < 1.29 is 9.21 Å². The standard InChI is InChI=1S/C23H21N3O2S/c1-16-8-10-19(11-9-16)21(27)15-29-23-25-24-22(20-12-13-28-17(20)2)26(23)14-18-6-4-3-5-7-18/h3-13H,14-15H2,1-2H3. The van der Waals surface area contributed by atoms with Crippen LogP contribution in [0.4, 0.5) is 0 Å². The van der Waals surface area contributed by atoms with Crippen LogP contribution >= 0.6 is 11.8 Å². The number of furan rings is 1. The minimum Gasteiger partial charge on any atom is -0.469 e. The zero-order valence-electron chi connectivity index (χ0n) is 16.3. The minimum absolute atomic E-state index is 0.0744. The van der Waals surface area contributed by atoms with Crippen molar-refractivity contribution >= 4 is 17.5 Å². The van der Waals surface area contributed by atoms with Crippen molar-refractivity contribution in [3.8, 4) is 11.4 Å². The Bertz CT molecular complexity index is 1110. The van der Waals surface area contributed by atoms with Crippen molar-refractivity contribution in [1.29, 1.82) is 0 Å². The van der Waals surface area contributed by atoms with Gasteiger partial charge in [-0.1, -0.05) is 71.9 Å². The molecule has 0 N–H and O–H groups in total. The summed E-state index contributed by atoms with van der Waals surface area (Å²) in [4.78, 5) is 12.6. The first-order valence-electron chi connectivity index (χ1n) is 9.36. The number of carbonyl (C=O) groups is 1. The molecule has 2 heterocycles. The normalized spacial score (nSPS) is 11.0. The lowest BCUT2D eigenvalue weighted by Gasteiger charge is -2.10. The van der Waals surface area contributed by atoms with E-state index in [0.29, 0.717) is 23.0 Å². The fourth-order valence-corrected chi connectivity index (χ4v) is 3.91. The lowest BCUT2D eigenvalue weighted by Crippen LogP contribution is -2.07. The summed E-state index contributed by atoms with van der Waals surface area (Å²) in [5, 5.41) is 9.48. The van der Waals surface area contributed by atoms with Crippen molar-refractivity contribution in [3.05, 3.63) is 89.4 Å². The number of ketones is 1. The maximum Gasteiger partial charge on any atom is 0.192 e. The molecule has 0 spiro atoms. The smallest absolute Gasteiger partial charge is 0.192 e. The highest BCUT2D eigenvalue weighted by Crippen LogP contribution is 2.28. The first-order chi connectivity index (χ1) is 14.1. The monoisotopic (exact) mass is 403 g/mol. The predicted octanol–water partition coefficient (Wildman–Crippen LogP) is 5.18. The van der Waals surface area contributed by atoms with Crippen molar-refractivity contribution in [3.63, 3.8) is 0 Å². The van der Waals surface area contributed by atoms with E-state index in [-0.39, 0.29) is 5.78 Å². The summed E-state index contributed by atoms with van der Waals surface area (Å²) in [6, 6.07) is 19.7. The second-order valence-electron chi connectivity index (χ2n) is 6.85. The highest BCUT2D eigenvalue weighted by atomic mass is 32.2. The van der Waals surface area contributed by atoms with Gasteiger partial charge in [-0.2, -0.15) is 0 Å². The van der Waals surface area contributed by atoms with Gasteiger partial charge >= 0.3 is 0 Å². The van der Waals surface area contributed by atoms with Gasteiger partial charge in [-0.15, -0.1) is 10.2 Å². The van der Waals surface area contributed by atoms with Gasteiger partial charge in [-0.3, -0.25) is 9.36 Å². The molecule has 4 aromatic rings. The van der Waals surface area contributed by atoms with E-state index in [1.54, 1.807) is 6.26 Å². The molecule has 0 saturated heterocycles. The molecule has 0 radical (unpaired) electrons. The Morgan fingerprint density at radius 3 is 2.45 bits per heavy atom. The molecule has 0 aliphatic heterocycles. The Morgan fingerprint density at radius 1 is 1.00 bits per heavy atom. The maximum absolute atomic E-state index is 12.6. The van der Waals surface area contributed by atoms with Gasteiger partial charge < -0.3 is 4.42 Å². The van der Waals surface area contributed by atoms with Crippen LogP contribution in [0.25, 0.3) is 11.4 Å². The molecule has 0 atom stereocenters. The number of rotatable bonds is 7. The highest BCUT2D eigenvalue weighted by Gasteiger charge is 2.19. The third-order valence-electron chi connectivity index (χ3n) is 4.71. The van der Waals surface area contributed by atoms with Crippen molar-refractivity contribution in [2.45, 2.75) is 25.5 Å². The summed E-state index contributed by atoms with van der Waals surface area (Å²) in [5.41, 5.74) is 3.90. The number of aryl methyl sites for hydroxylation is 2. The number of carbonyl (C=O) groups excluding carboxylic acids is 1. The topological polar surface area (TPSA) is 60.9 Å². The van der Waals surface area contributed by atoms with Gasteiger partial charge in [-0.25, -0.2) is 0 Å². The van der Waals surface area contributed by atoms with E-state index in [1.807, 2.05) is 66.9 Å². The van der Waals surface area contributed by atoms with Crippen molar-refractivity contribution in [2.75, 3.05) is 5.75 Å². The molecule has 0 aliphatic carbocycles. The van der Waals surface area contributed by atoms with Gasteiger partial charge in [-0.05, 0) is 25.5 Å². The van der Waals surface area contributed by atoms with E-state index in [1.165, 1.54) is 11.8 Å². The average molecular weight is 404 g/mol. The van der Waals surface area contributed by atoms with Crippen LogP contribution in [0.1, 0.15) is 27.2 Å². The van der Waals surface area contributed by atoms with Crippen LogP contribution in [0.2, 0.25) is 0 Å². The van der Waals surface area contributed by atoms with E-state index in [0.717, 1.165) is 28.3 Å². The van der Waals surface area contributed by atoms with Gasteiger partial charge in [0, 0.05) is 5.56 Å². The largest absolute Gasteiger partial charge is 0.469 e. The number of benzene rings is 2. The maximum atomic E-state index is 12.6. The number of hydrogen-bond acceptors (Lipinski definition) is 5. The summed E-state index contributed by atoms with van der Waals surface area (Å²) in [6.07, 6.45) is 1.65. The molecule has 146 valence electrons. The number of hydrogen-bond donors (Lipinski definition) is 0. The third-order valence-corrected chi connectivity index (χ3v) is 5.67. The molecule has 0 bridgehead atoms. The number of nitrogens with zero attached hydrogens (tertiary/aromatic N) is 3. The molecule has 2 aromatic heterocycles. The summed E-state index contributed by atoms with van der Waals surface area (Å²) in [7, 11) is 0. The summed E-state index contributed by atoms with van der Waals surface area (Å²) < 4.78 is 7.50. The van der Waals surface area contributed by atoms with Gasteiger partial charge in [0.2, 0.25) is 0 Å². The molecular weight excluding hydrogens is 382 g/mol. The Kier molecular flexibility index (Phi) is 5.62. The Morgan fingerprint density at radius 2 is 1.76 bits per heavy atom. The molecule has 0 amide bonds. The third kappa shape index (κ3) is 4.32. The molecular formula is C23H21N3O2S. The summed E-state index contributed by atoms with van der Waals surface area (Å²) in [6.45, 7) is 4.54. The molecule has 0 aliphatic rings. The first-order valence-corrected chi connectivity index (χ1v) is 10.3. The quantitative estimate of drug-likeness (QED) is 0.314. The molecule has 5 nitrogen and oxygen atoms in total. The average Bonchev–Trinajstić information content (AvgIpc) is 3.33. The molecule has 2 aromatic carbocycles. The van der Waals surface area contributed by atoms with Gasteiger partial charge in [0.1, 0.15) is 5.76 Å². The lowest BCUT2D eigenvalue weighted by molar-refractivity contribution is 0.102. The number of aromatic nitrogens is 3. The van der Waals surface area contributed by atoms with E-state index < -0.39 is 0 Å². The second-order valence-corrected chi connectivity index (χ2v) is 7.79. The molecule has 0 fully saturated rings. The number of thioether (sulfide) groups is 1. The lowest BCUT2D eigenvalue weighted by atomic mass is 10.1. The Balaban J connectivity index is 1.60. The first kappa shape index (κ1) is 19.2. The van der Waals surface area contributed by atoms with E-state index in [2.05, 4.69) is 22.3 Å².